The minimum Gasteiger partial charge on any atom is -0.392 e. The van der Waals surface area contributed by atoms with Gasteiger partial charge in [-0.1, -0.05) is 12.1 Å². The van der Waals surface area contributed by atoms with Gasteiger partial charge in [0, 0.05) is 11.8 Å². The number of hydrogen-bond donors (Lipinski definition) is 2. The van der Waals surface area contributed by atoms with Gasteiger partial charge >= 0.3 is 0 Å². The van der Waals surface area contributed by atoms with E-state index in [1.807, 2.05) is 0 Å². The molecule has 3 aromatic rings. The molecule has 0 unspecified atom stereocenters. The minimum absolute atomic E-state index is 0.221. The number of nitrogens with zero attached hydrogens (tertiary/aromatic N) is 2. The third-order valence-corrected chi connectivity index (χ3v) is 4.34. The van der Waals surface area contributed by atoms with Crippen LogP contribution in [0.15, 0.2) is 42.7 Å². The van der Waals surface area contributed by atoms with Crippen LogP contribution < -0.4 is 5.32 Å². The highest BCUT2D eigenvalue weighted by atomic mass is 19.1. The first-order valence-electron chi connectivity index (χ1n) is 7.89. The number of fused-ring (bicyclic) bond motifs is 1. The summed E-state index contributed by atoms with van der Waals surface area (Å²) in [5.41, 5.74) is 2.10. The Hall–Kier alpha value is -2.80. The average Bonchev–Trinajstić information content (AvgIpc) is 3.19. The molecule has 7 heteroatoms. The van der Waals surface area contributed by atoms with Crippen molar-refractivity contribution in [2.45, 2.75) is 19.2 Å². The fourth-order valence-electron chi connectivity index (χ4n) is 2.86. The number of benzene rings is 1. The van der Waals surface area contributed by atoms with E-state index in [1.54, 1.807) is 41.1 Å². The van der Waals surface area contributed by atoms with E-state index in [9.17, 15) is 18.7 Å². The van der Waals surface area contributed by atoms with Crippen molar-refractivity contribution >= 4 is 17.4 Å². The van der Waals surface area contributed by atoms with Crippen molar-refractivity contribution in [1.29, 1.82) is 0 Å². The lowest BCUT2D eigenvalue weighted by atomic mass is 10.0. The molecule has 0 bridgehead atoms. The molecule has 1 aliphatic rings. The first-order valence-corrected chi connectivity index (χ1v) is 7.89. The number of amides is 1. The van der Waals surface area contributed by atoms with E-state index in [-0.39, 0.29) is 17.9 Å². The van der Waals surface area contributed by atoms with E-state index in [0.717, 1.165) is 0 Å². The number of aliphatic hydroxyl groups excluding tert-OH is 1. The molecule has 2 atom stereocenters. The van der Waals surface area contributed by atoms with Gasteiger partial charge in [-0.15, -0.1) is 0 Å². The number of alkyl halides is 1. The highest BCUT2D eigenvalue weighted by molar-refractivity contribution is 5.94. The van der Waals surface area contributed by atoms with Crippen LogP contribution >= 0.6 is 0 Å². The lowest BCUT2D eigenvalue weighted by Crippen LogP contribution is -2.15. The van der Waals surface area contributed by atoms with Crippen molar-refractivity contribution in [3.8, 4) is 11.1 Å². The van der Waals surface area contributed by atoms with Crippen molar-refractivity contribution in [2.75, 3.05) is 5.32 Å². The van der Waals surface area contributed by atoms with Crippen LogP contribution in [0.1, 0.15) is 12.0 Å². The second kappa shape index (κ2) is 5.93. The molecule has 0 radical (unpaired) electrons. The van der Waals surface area contributed by atoms with Gasteiger partial charge in [0.15, 0.2) is 5.82 Å². The number of carbonyl (C=O) groups excluding carboxylic acids is 1. The van der Waals surface area contributed by atoms with Gasteiger partial charge in [0.2, 0.25) is 5.91 Å². The van der Waals surface area contributed by atoms with Crippen molar-refractivity contribution in [2.24, 2.45) is 5.92 Å². The number of imidazole rings is 1. The van der Waals surface area contributed by atoms with Gasteiger partial charge < -0.3 is 14.8 Å². The van der Waals surface area contributed by atoms with Gasteiger partial charge in [0.05, 0.1) is 18.7 Å². The Morgan fingerprint density at radius 1 is 1.32 bits per heavy atom. The molecule has 128 valence electrons. The number of aliphatic hydroxyl groups is 1. The fourth-order valence-corrected chi connectivity index (χ4v) is 2.86. The van der Waals surface area contributed by atoms with Crippen LogP contribution in [0.3, 0.4) is 0 Å². The minimum atomic E-state index is -1.06. The molecule has 0 aliphatic heterocycles. The molecule has 1 fully saturated rings. The van der Waals surface area contributed by atoms with Crippen LogP contribution in [-0.2, 0) is 11.4 Å². The topological polar surface area (TPSA) is 66.6 Å². The standard InChI is InChI=1S/C18H15F2N3O2/c19-14-3-1-2-11(13(14)9-24)10-4-5-17-21-16(8-23(17)7-10)22-18(25)12-6-15(12)20/h1-5,7-8,12,15,24H,6,9H2,(H,22,25)/t12-,15+/m1/s1. The van der Waals surface area contributed by atoms with E-state index in [4.69, 9.17) is 0 Å². The number of aromatic nitrogens is 2. The van der Waals surface area contributed by atoms with Crippen LogP contribution in [0, 0.1) is 11.7 Å². The summed E-state index contributed by atoms with van der Waals surface area (Å²) in [5.74, 6) is -1.09. The van der Waals surface area contributed by atoms with Crippen LogP contribution in [0.2, 0.25) is 0 Å². The number of pyridine rings is 1. The van der Waals surface area contributed by atoms with Crippen molar-refractivity contribution < 1.29 is 18.7 Å². The predicted octanol–water partition coefficient (Wildman–Crippen LogP) is 2.93. The summed E-state index contributed by atoms with van der Waals surface area (Å²) in [6.07, 6.45) is 2.55. The quantitative estimate of drug-likeness (QED) is 0.765. The Balaban J connectivity index is 1.67. The SMILES string of the molecule is O=C(Nc1cn2cc(-c3cccc(F)c3CO)ccc2n1)[C@@H]1C[C@@H]1F. The van der Waals surface area contributed by atoms with Gasteiger partial charge in [-0.2, -0.15) is 0 Å². The average molecular weight is 343 g/mol. The van der Waals surface area contributed by atoms with Crippen LogP contribution in [0.25, 0.3) is 16.8 Å². The van der Waals surface area contributed by atoms with Gasteiger partial charge in [-0.25, -0.2) is 13.8 Å². The second-order valence-corrected chi connectivity index (χ2v) is 6.08. The van der Waals surface area contributed by atoms with Crippen molar-refractivity contribution in [1.82, 2.24) is 9.38 Å². The molecular weight excluding hydrogens is 328 g/mol. The van der Waals surface area contributed by atoms with Crippen LogP contribution in [-0.4, -0.2) is 26.6 Å². The van der Waals surface area contributed by atoms with Gasteiger partial charge in [0.25, 0.3) is 0 Å². The molecule has 1 aromatic carbocycles. The highest BCUT2D eigenvalue weighted by Crippen LogP contribution is 2.34. The molecule has 2 N–H and O–H groups in total. The molecule has 1 aliphatic carbocycles. The van der Waals surface area contributed by atoms with Crippen LogP contribution in [0.5, 0.6) is 0 Å². The number of nitrogens with one attached hydrogen (secondary N) is 1. The second-order valence-electron chi connectivity index (χ2n) is 6.08. The summed E-state index contributed by atoms with van der Waals surface area (Å²) < 4.78 is 28.5. The maximum atomic E-state index is 13.9. The van der Waals surface area contributed by atoms with Crippen LogP contribution in [0.4, 0.5) is 14.6 Å². The summed E-state index contributed by atoms with van der Waals surface area (Å²) in [6.45, 7) is -0.406. The van der Waals surface area contributed by atoms with E-state index in [2.05, 4.69) is 10.3 Å². The first-order chi connectivity index (χ1) is 12.1. The Morgan fingerprint density at radius 2 is 2.12 bits per heavy atom. The molecule has 1 saturated carbocycles. The summed E-state index contributed by atoms with van der Waals surface area (Å²) in [6, 6.07) is 8.10. The van der Waals surface area contributed by atoms with Gasteiger partial charge in [0.1, 0.15) is 17.6 Å². The summed E-state index contributed by atoms with van der Waals surface area (Å²) in [5, 5.41) is 12.0. The lowest BCUT2D eigenvalue weighted by molar-refractivity contribution is -0.117. The smallest absolute Gasteiger partial charge is 0.231 e. The Morgan fingerprint density at radius 3 is 2.84 bits per heavy atom. The van der Waals surface area contributed by atoms with E-state index >= 15 is 0 Å². The maximum absolute atomic E-state index is 13.9. The van der Waals surface area contributed by atoms with Crippen molar-refractivity contribution in [3.63, 3.8) is 0 Å². The Labute approximate surface area is 141 Å². The number of anilines is 1. The molecule has 5 nitrogen and oxygen atoms in total. The normalized spacial score (nSPS) is 19.2. The fraction of sp³-hybridized carbons (Fsp3) is 0.222. The highest BCUT2D eigenvalue weighted by Gasteiger charge is 2.43. The molecule has 1 amide bonds. The number of hydrogen-bond acceptors (Lipinski definition) is 3. The zero-order valence-electron chi connectivity index (χ0n) is 13.1. The largest absolute Gasteiger partial charge is 0.392 e. The zero-order valence-corrected chi connectivity index (χ0v) is 13.1. The summed E-state index contributed by atoms with van der Waals surface area (Å²) in [7, 11) is 0. The third kappa shape index (κ3) is 2.87. The summed E-state index contributed by atoms with van der Waals surface area (Å²) >= 11 is 0. The lowest BCUT2D eigenvalue weighted by Gasteiger charge is -2.09. The predicted molar refractivity (Wildman–Crippen MR) is 88.1 cm³/mol. The number of carbonyl (C=O) groups is 1. The molecule has 4 rings (SSSR count). The molecule has 0 saturated heterocycles. The Kier molecular flexibility index (Phi) is 3.73. The molecule has 2 heterocycles. The molecule has 2 aromatic heterocycles. The van der Waals surface area contributed by atoms with E-state index in [1.165, 1.54) is 6.07 Å². The molecule has 0 spiro atoms. The summed E-state index contributed by atoms with van der Waals surface area (Å²) in [4.78, 5) is 16.1. The monoisotopic (exact) mass is 343 g/mol. The molecule has 25 heavy (non-hydrogen) atoms. The number of rotatable bonds is 4. The first kappa shape index (κ1) is 15.7. The van der Waals surface area contributed by atoms with E-state index < -0.39 is 24.5 Å². The molecular formula is C18H15F2N3O2. The van der Waals surface area contributed by atoms with E-state index in [0.29, 0.717) is 22.6 Å². The third-order valence-electron chi connectivity index (χ3n) is 4.34. The zero-order chi connectivity index (χ0) is 17.6. The number of halogens is 2. The maximum Gasteiger partial charge on any atom is 0.231 e. The van der Waals surface area contributed by atoms with Gasteiger partial charge in [-0.05, 0) is 35.7 Å². The van der Waals surface area contributed by atoms with Gasteiger partial charge in [-0.3, -0.25) is 4.79 Å². The Bertz CT molecular complexity index is 970. The van der Waals surface area contributed by atoms with Crippen molar-refractivity contribution in [3.05, 3.63) is 54.1 Å².